The average Bonchev–Trinajstić information content (AvgIpc) is 3.11. The van der Waals surface area contributed by atoms with Gasteiger partial charge in [0.2, 0.25) is 11.7 Å². The van der Waals surface area contributed by atoms with Crippen LogP contribution in [0.3, 0.4) is 0 Å². The van der Waals surface area contributed by atoms with Gasteiger partial charge in [0.05, 0.1) is 19.2 Å². The van der Waals surface area contributed by atoms with E-state index in [-0.39, 0.29) is 12.6 Å². The fourth-order valence-electron chi connectivity index (χ4n) is 3.30. The number of rotatable bonds is 4. The molecular formula is C19H19N3O2. The van der Waals surface area contributed by atoms with E-state index in [1.165, 1.54) is 11.1 Å². The van der Waals surface area contributed by atoms with Crippen LogP contribution in [0, 0.1) is 0 Å². The molecule has 0 saturated carbocycles. The van der Waals surface area contributed by atoms with E-state index in [1.807, 2.05) is 42.5 Å². The number of nitrogens with zero attached hydrogens (tertiary/aromatic N) is 3. The van der Waals surface area contributed by atoms with Gasteiger partial charge >= 0.3 is 0 Å². The first kappa shape index (κ1) is 15.1. The van der Waals surface area contributed by atoms with Crippen LogP contribution in [0.15, 0.2) is 59.1 Å². The van der Waals surface area contributed by atoms with E-state index < -0.39 is 0 Å². The number of aliphatic hydroxyl groups is 1. The Morgan fingerprint density at radius 3 is 2.71 bits per heavy atom. The maximum atomic E-state index is 9.86. The van der Waals surface area contributed by atoms with Gasteiger partial charge in [0.15, 0.2) is 0 Å². The van der Waals surface area contributed by atoms with Crippen molar-refractivity contribution in [2.75, 3.05) is 13.2 Å². The number of benzene rings is 2. The molecular weight excluding hydrogens is 302 g/mol. The van der Waals surface area contributed by atoms with Crippen molar-refractivity contribution in [3.05, 3.63) is 71.6 Å². The van der Waals surface area contributed by atoms with Crippen molar-refractivity contribution < 1.29 is 9.63 Å². The summed E-state index contributed by atoms with van der Waals surface area (Å²) in [6.07, 6.45) is 0.965. The average molecular weight is 321 g/mol. The molecule has 0 radical (unpaired) electrons. The Bertz CT molecular complexity index is 816. The van der Waals surface area contributed by atoms with E-state index >= 15 is 0 Å². The van der Waals surface area contributed by atoms with E-state index in [2.05, 4.69) is 27.2 Å². The summed E-state index contributed by atoms with van der Waals surface area (Å²) in [5.74, 6) is 1.18. The highest BCUT2D eigenvalue weighted by Gasteiger charge is 2.27. The second-order valence-electron chi connectivity index (χ2n) is 6.00. The molecule has 1 aliphatic rings. The summed E-state index contributed by atoms with van der Waals surface area (Å²) in [6.45, 7) is 1.49. The normalized spacial score (nSPS) is 17.6. The van der Waals surface area contributed by atoms with Gasteiger partial charge in [0.1, 0.15) is 0 Å². The smallest absolute Gasteiger partial charge is 0.241 e. The van der Waals surface area contributed by atoms with Crippen molar-refractivity contribution in [2.24, 2.45) is 0 Å². The van der Waals surface area contributed by atoms with Gasteiger partial charge in [-0.2, -0.15) is 4.98 Å². The second kappa shape index (κ2) is 6.55. The molecule has 5 heteroatoms. The number of hydrogen-bond acceptors (Lipinski definition) is 5. The van der Waals surface area contributed by atoms with Crippen LogP contribution < -0.4 is 0 Å². The Morgan fingerprint density at radius 1 is 1.08 bits per heavy atom. The fourth-order valence-corrected chi connectivity index (χ4v) is 3.30. The third kappa shape index (κ3) is 2.84. The van der Waals surface area contributed by atoms with Crippen LogP contribution in [0.1, 0.15) is 23.1 Å². The Morgan fingerprint density at radius 2 is 1.88 bits per heavy atom. The lowest BCUT2D eigenvalue weighted by Gasteiger charge is -2.35. The Kier molecular flexibility index (Phi) is 4.11. The minimum absolute atomic E-state index is 0.0259. The van der Waals surface area contributed by atoms with Crippen molar-refractivity contribution in [3.63, 3.8) is 0 Å². The van der Waals surface area contributed by atoms with E-state index in [0.717, 1.165) is 18.5 Å². The number of aliphatic hydroxyl groups excluding tert-OH is 1. The van der Waals surface area contributed by atoms with Crippen LogP contribution in [0.2, 0.25) is 0 Å². The highest BCUT2D eigenvalue weighted by molar-refractivity contribution is 5.53. The molecule has 0 spiro atoms. The van der Waals surface area contributed by atoms with Crippen molar-refractivity contribution >= 4 is 0 Å². The summed E-state index contributed by atoms with van der Waals surface area (Å²) in [6, 6.07) is 18.1. The highest BCUT2D eigenvalue weighted by Crippen LogP contribution is 2.30. The molecule has 0 aliphatic carbocycles. The summed E-state index contributed by atoms with van der Waals surface area (Å²) in [4.78, 5) is 6.70. The molecule has 1 aromatic heterocycles. The van der Waals surface area contributed by atoms with E-state index in [1.54, 1.807) is 0 Å². The molecule has 0 bridgehead atoms. The zero-order chi connectivity index (χ0) is 16.4. The minimum Gasteiger partial charge on any atom is -0.394 e. The van der Waals surface area contributed by atoms with E-state index in [0.29, 0.717) is 18.3 Å². The second-order valence-corrected chi connectivity index (χ2v) is 6.00. The number of fused-ring (bicyclic) bond motifs is 1. The van der Waals surface area contributed by atoms with Gasteiger partial charge in [-0.3, -0.25) is 4.90 Å². The first-order valence-corrected chi connectivity index (χ1v) is 8.16. The predicted octanol–water partition coefficient (Wildman–Crippen LogP) is 2.83. The Labute approximate surface area is 140 Å². The third-order valence-electron chi connectivity index (χ3n) is 4.53. The van der Waals surface area contributed by atoms with Gasteiger partial charge in [-0.15, -0.1) is 0 Å². The fraction of sp³-hybridized carbons (Fsp3) is 0.263. The molecule has 1 aliphatic heterocycles. The zero-order valence-electron chi connectivity index (χ0n) is 13.3. The van der Waals surface area contributed by atoms with E-state index in [9.17, 15) is 5.11 Å². The summed E-state index contributed by atoms with van der Waals surface area (Å²) < 4.78 is 5.42. The quantitative estimate of drug-likeness (QED) is 0.800. The predicted molar refractivity (Wildman–Crippen MR) is 90.1 cm³/mol. The molecule has 122 valence electrons. The van der Waals surface area contributed by atoms with Crippen molar-refractivity contribution in [2.45, 2.75) is 19.0 Å². The molecule has 0 saturated heterocycles. The maximum absolute atomic E-state index is 9.86. The largest absolute Gasteiger partial charge is 0.394 e. The molecule has 1 unspecified atom stereocenters. The lowest BCUT2D eigenvalue weighted by molar-refractivity contribution is 0.0971. The number of aromatic nitrogens is 2. The summed E-state index contributed by atoms with van der Waals surface area (Å²) in [5, 5.41) is 13.9. The van der Waals surface area contributed by atoms with Crippen molar-refractivity contribution in [1.29, 1.82) is 0 Å². The van der Waals surface area contributed by atoms with Crippen LogP contribution in [-0.2, 0) is 13.0 Å². The van der Waals surface area contributed by atoms with Gasteiger partial charge in [0.25, 0.3) is 0 Å². The molecule has 2 heterocycles. The molecule has 24 heavy (non-hydrogen) atoms. The van der Waals surface area contributed by atoms with Crippen molar-refractivity contribution in [3.8, 4) is 11.4 Å². The summed E-state index contributed by atoms with van der Waals surface area (Å²) in [7, 11) is 0. The first-order valence-electron chi connectivity index (χ1n) is 8.16. The van der Waals surface area contributed by atoms with Crippen LogP contribution >= 0.6 is 0 Å². The Hall–Kier alpha value is -2.50. The third-order valence-corrected chi connectivity index (χ3v) is 4.53. The van der Waals surface area contributed by atoms with Crippen LogP contribution in [0.4, 0.5) is 0 Å². The molecule has 1 N–H and O–H groups in total. The molecule has 2 aromatic carbocycles. The van der Waals surface area contributed by atoms with Crippen LogP contribution in [0.25, 0.3) is 11.4 Å². The SMILES string of the molecule is OCC1c2ccccc2CCN1Cc1nc(-c2ccccc2)no1. The van der Waals surface area contributed by atoms with Gasteiger partial charge in [-0.25, -0.2) is 0 Å². The highest BCUT2D eigenvalue weighted by atomic mass is 16.5. The lowest BCUT2D eigenvalue weighted by Crippen LogP contribution is -2.36. The molecule has 3 aromatic rings. The Balaban J connectivity index is 1.55. The summed E-state index contributed by atoms with van der Waals surface area (Å²) >= 11 is 0. The van der Waals surface area contributed by atoms with Crippen molar-refractivity contribution in [1.82, 2.24) is 15.0 Å². The summed E-state index contributed by atoms with van der Waals surface area (Å²) in [5.41, 5.74) is 3.44. The maximum Gasteiger partial charge on any atom is 0.241 e. The van der Waals surface area contributed by atoms with E-state index in [4.69, 9.17) is 4.52 Å². The minimum atomic E-state index is -0.0259. The van der Waals surface area contributed by atoms with Gasteiger partial charge in [0, 0.05) is 12.1 Å². The topological polar surface area (TPSA) is 62.4 Å². The standard InChI is InChI=1S/C19H19N3O2/c23-13-17-16-9-5-4-6-14(16)10-11-22(17)12-18-20-19(21-24-18)15-7-2-1-3-8-15/h1-9,17,23H,10-13H2. The number of hydrogen-bond donors (Lipinski definition) is 1. The molecule has 0 amide bonds. The molecule has 1 atom stereocenters. The zero-order valence-corrected chi connectivity index (χ0v) is 13.3. The molecule has 5 nitrogen and oxygen atoms in total. The monoisotopic (exact) mass is 321 g/mol. The lowest BCUT2D eigenvalue weighted by atomic mass is 9.93. The first-order chi connectivity index (χ1) is 11.8. The molecule has 4 rings (SSSR count). The van der Waals surface area contributed by atoms with Gasteiger partial charge in [-0.1, -0.05) is 59.8 Å². The van der Waals surface area contributed by atoms with Crippen LogP contribution in [-0.4, -0.2) is 33.3 Å². The van der Waals surface area contributed by atoms with Gasteiger partial charge < -0.3 is 9.63 Å². The van der Waals surface area contributed by atoms with Gasteiger partial charge in [-0.05, 0) is 17.5 Å². The van der Waals surface area contributed by atoms with Crippen LogP contribution in [0.5, 0.6) is 0 Å². The molecule has 0 fully saturated rings.